The number of piperidine rings is 1. The maximum atomic E-state index is 12.9. The summed E-state index contributed by atoms with van der Waals surface area (Å²) in [6.07, 6.45) is 1.03. The summed E-state index contributed by atoms with van der Waals surface area (Å²) < 4.78 is 27.4. The second-order valence-corrected chi connectivity index (χ2v) is 10.2. The fourth-order valence-electron chi connectivity index (χ4n) is 3.67. The number of sulfonamides is 1. The van der Waals surface area contributed by atoms with Crippen LogP contribution in [-0.2, 0) is 19.6 Å². The zero-order valence-corrected chi connectivity index (χ0v) is 18.4. The van der Waals surface area contributed by atoms with Gasteiger partial charge in [-0.05, 0) is 56.4 Å². The van der Waals surface area contributed by atoms with Crippen LogP contribution in [0.1, 0.15) is 34.1 Å². The standard InChI is InChI=1S/C20H32N4O4S/c1-14(2)23(12-19(21)25)13-20(26)22-17-5-7-18(8-6-17)29(27,28)24-10-15(3)9-16(4)11-24/h5-8,14-16H,9-13H2,1-4H3,(H2,21,25)(H,22,26)/t15-,16-/m0/s1. The van der Waals surface area contributed by atoms with Gasteiger partial charge in [0, 0.05) is 24.8 Å². The van der Waals surface area contributed by atoms with Crippen molar-refractivity contribution in [1.29, 1.82) is 0 Å². The van der Waals surface area contributed by atoms with Crippen molar-refractivity contribution in [3.63, 3.8) is 0 Å². The first-order valence-corrected chi connectivity index (χ1v) is 11.4. The molecule has 162 valence electrons. The van der Waals surface area contributed by atoms with Crippen LogP contribution in [-0.4, -0.2) is 61.7 Å². The Morgan fingerprint density at radius 3 is 2.17 bits per heavy atom. The number of nitrogens with one attached hydrogen (secondary N) is 1. The van der Waals surface area contributed by atoms with Crippen molar-refractivity contribution < 1.29 is 18.0 Å². The summed E-state index contributed by atoms with van der Waals surface area (Å²) in [6.45, 7) is 8.94. The van der Waals surface area contributed by atoms with E-state index >= 15 is 0 Å². The molecule has 2 rings (SSSR count). The molecule has 0 aliphatic carbocycles. The first-order chi connectivity index (χ1) is 13.5. The van der Waals surface area contributed by atoms with Crippen LogP contribution in [0.3, 0.4) is 0 Å². The van der Waals surface area contributed by atoms with Crippen molar-refractivity contribution in [3.05, 3.63) is 24.3 Å². The predicted octanol–water partition coefficient (Wildman–Crippen LogP) is 1.49. The van der Waals surface area contributed by atoms with Gasteiger partial charge in [-0.1, -0.05) is 13.8 Å². The molecule has 1 aliphatic rings. The van der Waals surface area contributed by atoms with Crippen molar-refractivity contribution in [2.24, 2.45) is 17.6 Å². The summed E-state index contributed by atoms with van der Waals surface area (Å²) in [5.41, 5.74) is 5.72. The first kappa shape index (κ1) is 23.3. The Hall–Kier alpha value is -1.97. The Morgan fingerprint density at radius 2 is 1.69 bits per heavy atom. The van der Waals surface area contributed by atoms with Crippen molar-refractivity contribution >= 4 is 27.5 Å². The zero-order chi connectivity index (χ0) is 21.8. The highest BCUT2D eigenvalue weighted by Gasteiger charge is 2.31. The quantitative estimate of drug-likeness (QED) is 0.656. The monoisotopic (exact) mass is 424 g/mol. The molecule has 1 heterocycles. The highest BCUT2D eigenvalue weighted by atomic mass is 32.2. The molecular weight excluding hydrogens is 392 g/mol. The molecule has 2 atom stereocenters. The van der Waals surface area contributed by atoms with Crippen LogP contribution in [0, 0.1) is 11.8 Å². The van der Waals surface area contributed by atoms with Gasteiger partial charge in [0.05, 0.1) is 18.0 Å². The molecule has 1 aromatic carbocycles. The molecule has 2 amide bonds. The van der Waals surface area contributed by atoms with E-state index in [1.807, 2.05) is 13.8 Å². The lowest BCUT2D eigenvalue weighted by Gasteiger charge is -2.34. The molecule has 9 heteroatoms. The molecule has 0 radical (unpaired) electrons. The first-order valence-electron chi connectivity index (χ1n) is 9.91. The van der Waals surface area contributed by atoms with Crippen molar-refractivity contribution in [3.8, 4) is 0 Å². The maximum absolute atomic E-state index is 12.9. The smallest absolute Gasteiger partial charge is 0.243 e. The van der Waals surface area contributed by atoms with Gasteiger partial charge >= 0.3 is 0 Å². The fraction of sp³-hybridized carbons (Fsp3) is 0.600. The minimum absolute atomic E-state index is 0.00501. The number of hydrogen-bond donors (Lipinski definition) is 2. The number of anilines is 1. The molecule has 1 fully saturated rings. The lowest BCUT2D eigenvalue weighted by Crippen LogP contribution is -2.43. The predicted molar refractivity (Wildman–Crippen MR) is 113 cm³/mol. The SMILES string of the molecule is CC(C)N(CC(N)=O)CC(=O)Nc1ccc(S(=O)(=O)N2C[C@@H](C)C[C@H](C)C2)cc1. The number of primary amides is 1. The minimum Gasteiger partial charge on any atom is -0.369 e. The largest absolute Gasteiger partial charge is 0.369 e. The van der Waals surface area contributed by atoms with Crippen LogP contribution in [0.4, 0.5) is 5.69 Å². The fourth-order valence-corrected chi connectivity index (χ4v) is 5.35. The van der Waals surface area contributed by atoms with Gasteiger partial charge in [0.15, 0.2) is 0 Å². The Kier molecular flexibility index (Phi) is 7.79. The van der Waals surface area contributed by atoms with E-state index in [4.69, 9.17) is 5.73 Å². The Labute approximate surface area is 173 Å². The van der Waals surface area contributed by atoms with E-state index in [0.29, 0.717) is 30.6 Å². The van der Waals surface area contributed by atoms with E-state index in [1.54, 1.807) is 21.3 Å². The van der Waals surface area contributed by atoms with Gasteiger partial charge in [-0.25, -0.2) is 8.42 Å². The molecule has 0 unspecified atom stereocenters. The second kappa shape index (κ2) is 9.69. The average Bonchev–Trinajstić information content (AvgIpc) is 2.60. The molecule has 0 bridgehead atoms. The van der Waals surface area contributed by atoms with Gasteiger partial charge in [-0.3, -0.25) is 14.5 Å². The third kappa shape index (κ3) is 6.52. The van der Waals surface area contributed by atoms with Gasteiger partial charge in [0.2, 0.25) is 21.8 Å². The van der Waals surface area contributed by atoms with Crippen LogP contribution < -0.4 is 11.1 Å². The molecule has 8 nitrogen and oxygen atoms in total. The third-order valence-electron chi connectivity index (χ3n) is 5.05. The third-order valence-corrected chi connectivity index (χ3v) is 6.89. The molecule has 0 saturated carbocycles. The number of benzene rings is 1. The number of carbonyl (C=O) groups is 2. The molecule has 1 aromatic rings. The topological polar surface area (TPSA) is 113 Å². The second-order valence-electron chi connectivity index (χ2n) is 8.31. The summed E-state index contributed by atoms with van der Waals surface area (Å²) in [5.74, 6) is -0.135. The van der Waals surface area contributed by atoms with E-state index < -0.39 is 15.9 Å². The molecular formula is C20H32N4O4S. The molecule has 1 aliphatic heterocycles. The average molecular weight is 425 g/mol. The summed E-state index contributed by atoms with van der Waals surface area (Å²) >= 11 is 0. The van der Waals surface area contributed by atoms with Crippen molar-refractivity contribution in [2.75, 3.05) is 31.5 Å². The highest BCUT2D eigenvalue weighted by Crippen LogP contribution is 2.27. The summed E-state index contributed by atoms with van der Waals surface area (Å²) in [7, 11) is -3.56. The van der Waals surface area contributed by atoms with Crippen molar-refractivity contribution in [1.82, 2.24) is 9.21 Å². The van der Waals surface area contributed by atoms with Gasteiger partial charge in [0.1, 0.15) is 0 Å². The maximum Gasteiger partial charge on any atom is 0.243 e. The van der Waals surface area contributed by atoms with Crippen LogP contribution in [0.5, 0.6) is 0 Å². The molecule has 1 saturated heterocycles. The number of hydrogen-bond acceptors (Lipinski definition) is 5. The molecule has 0 aromatic heterocycles. The van der Waals surface area contributed by atoms with Gasteiger partial charge in [-0.15, -0.1) is 0 Å². The van der Waals surface area contributed by atoms with Crippen molar-refractivity contribution in [2.45, 2.75) is 45.1 Å². The summed E-state index contributed by atoms with van der Waals surface area (Å²) in [6, 6.07) is 6.16. The zero-order valence-electron chi connectivity index (χ0n) is 17.6. The van der Waals surface area contributed by atoms with Crippen LogP contribution in [0.2, 0.25) is 0 Å². The van der Waals surface area contributed by atoms with Gasteiger partial charge in [-0.2, -0.15) is 4.31 Å². The van der Waals surface area contributed by atoms with E-state index in [2.05, 4.69) is 19.2 Å². The van der Waals surface area contributed by atoms with E-state index in [1.165, 1.54) is 12.1 Å². The number of rotatable bonds is 8. The molecule has 0 spiro atoms. The molecule has 29 heavy (non-hydrogen) atoms. The lowest BCUT2D eigenvalue weighted by molar-refractivity contribution is -0.121. The lowest BCUT2D eigenvalue weighted by atomic mass is 9.94. The minimum atomic E-state index is -3.56. The van der Waals surface area contributed by atoms with Crippen LogP contribution in [0.15, 0.2) is 29.2 Å². The summed E-state index contributed by atoms with van der Waals surface area (Å²) in [5, 5.41) is 2.73. The van der Waals surface area contributed by atoms with E-state index in [0.717, 1.165) is 6.42 Å². The Morgan fingerprint density at radius 1 is 1.14 bits per heavy atom. The normalized spacial score (nSPS) is 20.8. The number of amides is 2. The van der Waals surface area contributed by atoms with E-state index in [9.17, 15) is 18.0 Å². The van der Waals surface area contributed by atoms with Crippen LogP contribution >= 0.6 is 0 Å². The van der Waals surface area contributed by atoms with Gasteiger partial charge in [0.25, 0.3) is 0 Å². The number of carbonyl (C=O) groups excluding carboxylic acids is 2. The number of nitrogens with zero attached hydrogens (tertiary/aromatic N) is 2. The summed E-state index contributed by atoms with van der Waals surface area (Å²) in [4.78, 5) is 25.3. The van der Waals surface area contributed by atoms with Gasteiger partial charge < -0.3 is 11.1 Å². The number of nitrogens with two attached hydrogens (primary N) is 1. The van der Waals surface area contributed by atoms with E-state index in [-0.39, 0.29) is 29.9 Å². The Bertz CT molecular complexity index is 813. The highest BCUT2D eigenvalue weighted by molar-refractivity contribution is 7.89. The molecule has 3 N–H and O–H groups in total. The van der Waals surface area contributed by atoms with Crippen LogP contribution in [0.25, 0.3) is 0 Å². The Balaban J connectivity index is 2.04.